The standard InChI is InChI=1S/C13H28N2O/c1-4-15(12-7-5-6-8-12)13(9-14)11(2)10-16-3/h11-13H,4-10,14H2,1-3H3. The Balaban J connectivity index is 2.58. The molecule has 0 saturated heterocycles. The Kier molecular flexibility index (Phi) is 6.32. The molecule has 3 heteroatoms. The molecule has 1 aliphatic rings. The van der Waals surface area contributed by atoms with Gasteiger partial charge in [0.25, 0.3) is 0 Å². The van der Waals surface area contributed by atoms with Crippen molar-refractivity contribution in [1.82, 2.24) is 4.90 Å². The third-order valence-corrected chi connectivity index (χ3v) is 3.91. The van der Waals surface area contributed by atoms with Crippen LogP contribution in [0.2, 0.25) is 0 Å². The van der Waals surface area contributed by atoms with E-state index in [9.17, 15) is 0 Å². The topological polar surface area (TPSA) is 38.5 Å². The number of rotatable bonds is 7. The summed E-state index contributed by atoms with van der Waals surface area (Å²) in [5, 5.41) is 0. The Morgan fingerprint density at radius 1 is 1.38 bits per heavy atom. The van der Waals surface area contributed by atoms with Crippen LogP contribution in [0.5, 0.6) is 0 Å². The zero-order valence-corrected chi connectivity index (χ0v) is 11.1. The molecule has 2 unspecified atom stereocenters. The molecule has 1 rings (SSSR count). The summed E-state index contributed by atoms with van der Waals surface area (Å²) in [7, 11) is 1.77. The lowest BCUT2D eigenvalue weighted by Gasteiger charge is -2.38. The number of nitrogens with zero attached hydrogens (tertiary/aromatic N) is 1. The summed E-state index contributed by atoms with van der Waals surface area (Å²) >= 11 is 0. The van der Waals surface area contributed by atoms with Gasteiger partial charge >= 0.3 is 0 Å². The lowest BCUT2D eigenvalue weighted by molar-refractivity contribution is 0.0631. The fraction of sp³-hybridized carbons (Fsp3) is 1.00. The summed E-state index contributed by atoms with van der Waals surface area (Å²) < 4.78 is 5.26. The molecule has 2 N–H and O–H groups in total. The van der Waals surface area contributed by atoms with E-state index in [0.717, 1.165) is 25.7 Å². The van der Waals surface area contributed by atoms with E-state index < -0.39 is 0 Å². The Hall–Kier alpha value is -0.120. The second-order valence-electron chi connectivity index (χ2n) is 5.00. The van der Waals surface area contributed by atoms with Gasteiger partial charge in [0.1, 0.15) is 0 Å². The molecule has 96 valence electrons. The Bertz CT molecular complexity index is 181. The van der Waals surface area contributed by atoms with E-state index in [1.807, 2.05) is 0 Å². The van der Waals surface area contributed by atoms with Gasteiger partial charge in [-0.15, -0.1) is 0 Å². The highest BCUT2D eigenvalue weighted by molar-refractivity contribution is 4.85. The lowest BCUT2D eigenvalue weighted by atomic mass is 9.99. The van der Waals surface area contributed by atoms with Crippen LogP contribution >= 0.6 is 0 Å². The highest BCUT2D eigenvalue weighted by atomic mass is 16.5. The van der Waals surface area contributed by atoms with Gasteiger partial charge in [0.15, 0.2) is 0 Å². The molecule has 0 aromatic heterocycles. The van der Waals surface area contributed by atoms with E-state index in [1.165, 1.54) is 25.7 Å². The first-order valence-corrected chi connectivity index (χ1v) is 6.69. The quantitative estimate of drug-likeness (QED) is 0.723. The summed E-state index contributed by atoms with van der Waals surface area (Å²) in [5.74, 6) is 0.524. The van der Waals surface area contributed by atoms with Gasteiger partial charge in [-0.25, -0.2) is 0 Å². The van der Waals surface area contributed by atoms with E-state index >= 15 is 0 Å². The third kappa shape index (κ3) is 3.44. The van der Waals surface area contributed by atoms with Gasteiger partial charge in [-0.3, -0.25) is 4.90 Å². The lowest BCUT2D eigenvalue weighted by Crippen LogP contribution is -2.50. The average Bonchev–Trinajstić information content (AvgIpc) is 2.79. The number of hydrogen-bond acceptors (Lipinski definition) is 3. The minimum atomic E-state index is 0.480. The average molecular weight is 228 g/mol. The summed E-state index contributed by atoms with van der Waals surface area (Å²) in [6.45, 7) is 7.17. The molecule has 0 aromatic carbocycles. The maximum Gasteiger partial charge on any atom is 0.0503 e. The van der Waals surface area contributed by atoms with Crippen LogP contribution in [0.25, 0.3) is 0 Å². The molecule has 1 aliphatic carbocycles. The van der Waals surface area contributed by atoms with Gasteiger partial charge in [0.2, 0.25) is 0 Å². The second-order valence-corrected chi connectivity index (χ2v) is 5.00. The van der Waals surface area contributed by atoms with Crippen LogP contribution in [0.4, 0.5) is 0 Å². The molecule has 0 aliphatic heterocycles. The van der Waals surface area contributed by atoms with Gasteiger partial charge in [0, 0.05) is 25.7 Å². The van der Waals surface area contributed by atoms with Crippen molar-refractivity contribution in [3.05, 3.63) is 0 Å². The van der Waals surface area contributed by atoms with E-state index in [0.29, 0.717) is 12.0 Å². The Morgan fingerprint density at radius 2 is 2.00 bits per heavy atom. The van der Waals surface area contributed by atoms with Crippen LogP contribution in [-0.4, -0.2) is 43.8 Å². The molecule has 0 spiro atoms. The molecular formula is C13H28N2O. The Labute approximate surface area is 100 Å². The van der Waals surface area contributed by atoms with E-state index in [1.54, 1.807) is 7.11 Å². The maximum atomic E-state index is 5.95. The number of ether oxygens (including phenoxy) is 1. The smallest absolute Gasteiger partial charge is 0.0503 e. The summed E-state index contributed by atoms with van der Waals surface area (Å²) in [4.78, 5) is 2.61. The second kappa shape index (κ2) is 7.25. The maximum absolute atomic E-state index is 5.95. The first-order valence-electron chi connectivity index (χ1n) is 6.69. The van der Waals surface area contributed by atoms with Crippen molar-refractivity contribution in [3.8, 4) is 0 Å². The molecule has 0 aromatic rings. The molecule has 16 heavy (non-hydrogen) atoms. The summed E-state index contributed by atoms with van der Waals surface area (Å²) in [5.41, 5.74) is 5.95. The van der Waals surface area contributed by atoms with E-state index in [4.69, 9.17) is 10.5 Å². The fourth-order valence-electron chi connectivity index (χ4n) is 3.07. The summed E-state index contributed by atoms with van der Waals surface area (Å²) in [6.07, 6.45) is 5.47. The molecule has 1 saturated carbocycles. The SMILES string of the molecule is CCN(C1CCCC1)C(CN)C(C)COC. The van der Waals surface area contributed by atoms with Gasteiger partial charge in [-0.1, -0.05) is 26.7 Å². The van der Waals surface area contributed by atoms with Crippen molar-refractivity contribution in [2.75, 3.05) is 26.8 Å². The molecular weight excluding hydrogens is 200 g/mol. The molecule has 1 fully saturated rings. The summed E-state index contributed by atoms with van der Waals surface area (Å²) in [6, 6.07) is 1.24. The van der Waals surface area contributed by atoms with Crippen molar-refractivity contribution in [2.24, 2.45) is 11.7 Å². The first kappa shape index (κ1) is 13.9. The normalized spacial score (nSPS) is 21.6. The van der Waals surface area contributed by atoms with Crippen molar-refractivity contribution in [2.45, 2.75) is 51.6 Å². The minimum Gasteiger partial charge on any atom is -0.384 e. The van der Waals surface area contributed by atoms with E-state index in [2.05, 4.69) is 18.7 Å². The van der Waals surface area contributed by atoms with Crippen LogP contribution in [0.15, 0.2) is 0 Å². The highest BCUT2D eigenvalue weighted by Crippen LogP contribution is 2.26. The zero-order valence-electron chi connectivity index (χ0n) is 11.1. The van der Waals surface area contributed by atoms with Crippen LogP contribution < -0.4 is 5.73 Å². The fourth-order valence-corrected chi connectivity index (χ4v) is 3.07. The largest absolute Gasteiger partial charge is 0.384 e. The van der Waals surface area contributed by atoms with Crippen LogP contribution in [0, 0.1) is 5.92 Å². The van der Waals surface area contributed by atoms with E-state index in [-0.39, 0.29) is 0 Å². The predicted molar refractivity (Wildman–Crippen MR) is 68.5 cm³/mol. The Morgan fingerprint density at radius 3 is 2.44 bits per heavy atom. The van der Waals surface area contributed by atoms with Crippen molar-refractivity contribution >= 4 is 0 Å². The monoisotopic (exact) mass is 228 g/mol. The predicted octanol–water partition coefficient (Wildman–Crippen LogP) is 1.86. The number of methoxy groups -OCH3 is 1. The minimum absolute atomic E-state index is 0.480. The number of nitrogens with two attached hydrogens (primary N) is 1. The zero-order chi connectivity index (χ0) is 12.0. The number of likely N-dealkylation sites (N-methyl/N-ethyl adjacent to an activating group) is 1. The van der Waals surface area contributed by atoms with Crippen molar-refractivity contribution < 1.29 is 4.74 Å². The van der Waals surface area contributed by atoms with Crippen molar-refractivity contribution in [3.63, 3.8) is 0 Å². The molecule has 0 radical (unpaired) electrons. The molecule has 0 heterocycles. The van der Waals surface area contributed by atoms with Gasteiger partial charge in [-0.2, -0.15) is 0 Å². The van der Waals surface area contributed by atoms with Crippen LogP contribution in [0.3, 0.4) is 0 Å². The van der Waals surface area contributed by atoms with Crippen LogP contribution in [0.1, 0.15) is 39.5 Å². The van der Waals surface area contributed by atoms with Gasteiger partial charge in [-0.05, 0) is 25.3 Å². The molecule has 2 atom stereocenters. The molecule has 0 bridgehead atoms. The van der Waals surface area contributed by atoms with Crippen LogP contribution in [-0.2, 0) is 4.74 Å². The third-order valence-electron chi connectivity index (χ3n) is 3.91. The van der Waals surface area contributed by atoms with Crippen molar-refractivity contribution in [1.29, 1.82) is 0 Å². The molecule has 3 nitrogen and oxygen atoms in total. The highest BCUT2D eigenvalue weighted by Gasteiger charge is 2.29. The first-order chi connectivity index (χ1) is 7.74. The van der Waals surface area contributed by atoms with Gasteiger partial charge < -0.3 is 10.5 Å². The van der Waals surface area contributed by atoms with Gasteiger partial charge in [0.05, 0.1) is 6.61 Å². The number of hydrogen-bond donors (Lipinski definition) is 1. The molecule has 0 amide bonds.